The standard InChI is InChI=1S/C13H19NS2/c1-9-3-4-10(2)11(7-9)13(14)12-8-15-5-6-16-12/h3-4,7,12-13H,5-6,8,14H2,1-2H3. The van der Waals surface area contributed by atoms with E-state index >= 15 is 0 Å². The van der Waals surface area contributed by atoms with Gasteiger partial charge in [0.25, 0.3) is 0 Å². The number of aryl methyl sites for hydroxylation is 2. The molecule has 0 amide bonds. The van der Waals surface area contributed by atoms with E-state index in [1.165, 1.54) is 33.9 Å². The van der Waals surface area contributed by atoms with Gasteiger partial charge in [-0.1, -0.05) is 23.8 Å². The van der Waals surface area contributed by atoms with Gasteiger partial charge in [-0.05, 0) is 25.0 Å². The van der Waals surface area contributed by atoms with E-state index in [0.29, 0.717) is 5.25 Å². The van der Waals surface area contributed by atoms with Crippen molar-refractivity contribution in [2.24, 2.45) is 5.73 Å². The Kier molecular flexibility index (Phi) is 4.22. The van der Waals surface area contributed by atoms with Gasteiger partial charge >= 0.3 is 0 Å². The molecule has 0 radical (unpaired) electrons. The zero-order chi connectivity index (χ0) is 11.5. The Hall–Kier alpha value is -0.120. The first-order valence-corrected chi connectivity index (χ1v) is 7.91. The molecule has 0 spiro atoms. The lowest BCUT2D eigenvalue weighted by molar-refractivity contribution is 0.714. The molecule has 1 fully saturated rings. The molecule has 2 N–H and O–H groups in total. The van der Waals surface area contributed by atoms with Crippen molar-refractivity contribution < 1.29 is 0 Å². The van der Waals surface area contributed by atoms with Gasteiger partial charge in [-0.25, -0.2) is 0 Å². The van der Waals surface area contributed by atoms with Gasteiger partial charge in [0.1, 0.15) is 0 Å². The van der Waals surface area contributed by atoms with Crippen LogP contribution in [-0.2, 0) is 0 Å². The summed E-state index contributed by atoms with van der Waals surface area (Å²) in [7, 11) is 0. The van der Waals surface area contributed by atoms with E-state index in [1.807, 2.05) is 23.5 Å². The van der Waals surface area contributed by atoms with Crippen LogP contribution in [0.5, 0.6) is 0 Å². The van der Waals surface area contributed by atoms with Crippen molar-refractivity contribution in [3.05, 3.63) is 34.9 Å². The molecule has 0 saturated carbocycles. The van der Waals surface area contributed by atoms with Crippen LogP contribution < -0.4 is 5.73 Å². The van der Waals surface area contributed by atoms with Crippen LogP contribution >= 0.6 is 23.5 Å². The Labute approximate surface area is 107 Å². The van der Waals surface area contributed by atoms with Crippen LogP contribution in [0.15, 0.2) is 18.2 Å². The minimum Gasteiger partial charge on any atom is -0.323 e. The van der Waals surface area contributed by atoms with E-state index in [-0.39, 0.29) is 6.04 Å². The van der Waals surface area contributed by atoms with Gasteiger partial charge in [0.2, 0.25) is 0 Å². The van der Waals surface area contributed by atoms with Gasteiger partial charge in [0.15, 0.2) is 0 Å². The van der Waals surface area contributed by atoms with E-state index in [9.17, 15) is 0 Å². The van der Waals surface area contributed by atoms with Crippen LogP contribution in [0.1, 0.15) is 22.7 Å². The maximum atomic E-state index is 6.41. The fraction of sp³-hybridized carbons (Fsp3) is 0.538. The third-order valence-electron chi connectivity index (χ3n) is 3.04. The zero-order valence-electron chi connectivity index (χ0n) is 9.90. The summed E-state index contributed by atoms with van der Waals surface area (Å²) in [5.41, 5.74) is 10.4. The largest absolute Gasteiger partial charge is 0.323 e. The van der Waals surface area contributed by atoms with Crippen molar-refractivity contribution in [2.45, 2.75) is 25.1 Å². The van der Waals surface area contributed by atoms with Gasteiger partial charge < -0.3 is 5.73 Å². The Morgan fingerprint density at radius 3 is 2.81 bits per heavy atom. The lowest BCUT2D eigenvalue weighted by Gasteiger charge is -2.28. The van der Waals surface area contributed by atoms with E-state index in [2.05, 4.69) is 32.0 Å². The number of thioether (sulfide) groups is 2. The summed E-state index contributed by atoms with van der Waals surface area (Å²) in [4.78, 5) is 0. The van der Waals surface area contributed by atoms with Crippen LogP contribution in [-0.4, -0.2) is 22.5 Å². The van der Waals surface area contributed by atoms with Gasteiger partial charge in [-0.3, -0.25) is 0 Å². The Balaban J connectivity index is 2.18. The second-order valence-electron chi connectivity index (χ2n) is 4.37. The third kappa shape index (κ3) is 2.76. The van der Waals surface area contributed by atoms with Gasteiger partial charge in [-0.15, -0.1) is 0 Å². The van der Waals surface area contributed by atoms with Crippen LogP contribution in [0.4, 0.5) is 0 Å². The number of benzene rings is 1. The highest BCUT2D eigenvalue weighted by Gasteiger charge is 2.23. The molecule has 2 atom stereocenters. The summed E-state index contributed by atoms with van der Waals surface area (Å²) < 4.78 is 0. The fourth-order valence-electron chi connectivity index (χ4n) is 2.03. The molecule has 1 aromatic carbocycles. The van der Waals surface area contributed by atoms with Crippen LogP contribution in [0.2, 0.25) is 0 Å². The van der Waals surface area contributed by atoms with E-state index in [0.717, 1.165) is 0 Å². The van der Waals surface area contributed by atoms with E-state index in [4.69, 9.17) is 5.73 Å². The van der Waals surface area contributed by atoms with E-state index in [1.54, 1.807) is 0 Å². The quantitative estimate of drug-likeness (QED) is 0.877. The predicted molar refractivity (Wildman–Crippen MR) is 76.4 cm³/mol. The van der Waals surface area contributed by atoms with Crippen molar-refractivity contribution in [2.75, 3.05) is 17.3 Å². The molecule has 0 aliphatic carbocycles. The first-order valence-electron chi connectivity index (χ1n) is 5.70. The smallest absolute Gasteiger partial charge is 0.0426 e. The molecule has 1 heterocycles. The highest BCUT2D eigenvalue weighted by atomic mass is 32.2. The first kappa shape index (κ1) is 12.3. The van der Waals surface area contributed by atoms with Gasteiger partial charge in [-0.2, -0.15) is 23.5 Å². The molecule has 2 rings (SSSR count). The Bertz CT molecular complexity index is 359. The average molecular weight is 253 g/mol. The molecular formula is C13H19NS2. The van der Waals surface area contributed by atoms with Gasteiger partial charge in [0, 0.05) is 28.6 Å². The minimum atomic E-state index is 0.192. The summed E-state index contributed by atoms with van der Waals surface area (Å²) in [6.45, 7) is 4.30. The van der Waals surface area contributed by atoms with Gasteiger partial charge in [0.05, 0.1) is 0 Å². The highest BCUT2D eigenvalue weighted by Crippen LogP contribution is 2.33. The summed E-state index contributed by atoms with van der Waals surface area (Å²) in [6, 6.07) is 6.79. The third-order valence-corrected chi connectivity index (χ3v) is 5.92. The van der Waals surface area contributed by atoms with E-state index < -0.39 is 0 Å². The lowest BCUT2D eigenvalue weighted by Crippen LogP contribution is -2.29. The molecule has 88 valence electrons. The molecule has 1 aliphatic heterocycles. The summed E-state index contributed by atoms with van der Waals surface area (Å²) in [6.07, 6.45) is 0. The summed E-state index contributed by atoms with van der Waals surface area (Å²) in [5.74, 6) is 3.72. The zero-order valence-corrected chi connectivity index (χ0v) is 11.5. The maximum Gasteiger partial charge on any atom is 0.0426 e. The monoisotopic (exact) mass is 253 g/mol. The van der Waals surface area contributed by atoms with Crippen molar-refractivity contribution in [1.82, 2.24) is 0 Å². The normalized spacial score (nSPS) is 23.1. The molecule has 0 bridgehead atoms. The molecular weight excluding hydrogens is 234 g/mol. The number of rotatable bonds is 2. The first-order chi connectivity index (χ1) is 7.68. The molecule has 1 aliphatic rings. The molecule has 0 aromatic heterocycles. The molecule has 1 saturated heterocycles. The lowest BCUT2D eigenvalue weighted by atomic mass is 9.98. The second kappa shape index (κ2) is 5.48. The topological polar surface area (TPSA) is 26.0 Å². The fourth-order valence-corrected chi connectivity index (χ4v) is 4.83. The Morgan fingerprint density at radius 1 is 1.31 bits per heavy atom. The van der Waals surface area contributed by atoms with Crippen LogP contribution in [0.25, 0.3) is 0 Å². The molecule has 1 aromatic rings. The van der Waals surface area contributed by atoms with Crippen LogP contribution in [0, 0.1) is 13.8 Å². The number of nitrogens with two attached hydrogens (primary N) is 1. The van der Waals surface area contributed by atoms with Crippen molar-refractivity contribution in [1.29, 1.82) is 0 Å². The molecule has 2 unspecified atom stereocenters. The summed E-state index contributed by atoms with van der Waals surface area (Å²) in [5, 5.41) is 0.583. The maximum absolute atomic E-state index is 6.41. The van der Waals surface area contributed by atoms with Crippen molar-refractivity contribution in [3.8, 4) is 0 Å². The van der Waals surface area contributed by atoms with Crippen molar-refractivity contribution >= 4 is 23.5 Å². The molecule has 3 heteroatoms. The predicted octanol–water partition coefficient (Wildman–Crippen LogP) is 3.15. The average Bonchev–Trinajstić information content (AvgIpc) is 2.32. The molecule has 16 heavy (non-hydrogen) atoms. The minimum absolute atomic E-state index is 0.192. The number of hydrogen-bond acceptors (Lipinski definition) is 3. The summed E-state index contributed by atoms with van der Waals surface area (Å²) >= 11 is 4.07. The molecule has 1 nitrogen and oxygen atoms in total. The second-order valence-corrected chi connectivity index (χ2v) is 6.87. The highest BCUT2D eigenvalue weighted by molar-refractivity contribution is 8.06. The SMILES string of the molecule is Cc1ccc(C)c(C(N)C2CSCCS2)c1. The van der Waals surface area contributed by atoms with Crippen LogP contribution in [0.3, 0.4) is 0 Å². The number of hydrogen-bond donors (Lipinski definition) is 1. The Morgan fingerprint density at radius 2 is 2.12 bits per heavy atom. The van der Waals surface area contributed by atoms with Crippen molar-refractivity contribution in [3.63, 3.8) is 0 Å².